The minimum Gasteiger partial charge on any atom is -0.493 e. The van der Waals surface area contributed by atoms with Crippen LogP contribution >= 0.6 is 0 Å². The molecule has 0 atom stereocenters. The van der Waals surface area contributed by atoms with E-state index in [2.05, 4.69) is 10.1 Å². The number of carbonyl (C=O) groups excluding carboxylic acids is 1. The minimum atomic E-state index is 0.148. The molecule has 0 saturated carbocycles. The average Bonchev–Trinajstić information content (AvgIpc) is 2.93. The molecule has 0 radical (unpaired) electrons. The maximum absolute atomic E-state index is 10.8. The van der Waals surface area contributed by atoms with Crippen molar-refractivity contribution in [1.29, 1.82) is 0 Å². The van der Waals surface area contributed by atoms with Crippen LogP contribution in [0.3, 0.4) is 0 Å². The highest BCUT2D eigenvalue weighted by Crippen LogP contribution is 2.28. The SMILES string of the molecule is COc1ccc(C=O)cc1OCc1noc(C(C)C)n1. The van der Waals surface area contributed by atoms with Crippen LogP contribution in [0.15, 0.2) is 22.7 Å². The summed E-state index contributed by atoms with van der Waals surface area (Å²) in [6, 6.07) is 4.94. The Morgan fingerprint density at radius 2 is 2.15 bits per heavy atom. The Kier molecular flexibility index (Phi) is 4.34. The number of methoxy groups -OCH3 is 1. The fourth-order valence-electron chi connectivity index (χ4n) is 1.58. The Hall–Kier alpha value is -2.37. The molecule has 0 fully saturated rings. The van der Waals surface area contributed by atoms with Crippen LogP contribution in [0, 0.1) is 0 Å². The van der Waals surface area contributed by atoms with Crippen LogP contribution in [0.1, 0.15) is 41.8 Å². The molecule has 0 saturated heterocycles. The van der Waals surface area contributed by atoms with Crippen LogP contribution < -0.4 is 9.47 Å². The van der Waals surface area contributed by atoms with Crippen molar-refractivity contribution in [2.45, 2.75) is 26.4 Å². The monoisotopic (exact) mass is 276 g/mol. The van der Waals surface area contributed by atoms with E-state index in [4.69, 9.17) is 14.0 Å². The lowest BCUT2D eigenvalue weighted by atomic mass is 10.2. The zero-order valence-electron chi connectivity index (χ0n) is 11.6. The quantitative estimate of drug-likeness (QED) is 0.755. The molecule has 1 aromatic heterocycles. The van der Waals surface area contributed by atoms with Crippen molar-refractivity contribution >= 4 is 6.29 Å². The number of aromatic nitrogens is 2. The van der Waals surface area contributed by atoms with Crippen LogP contribution in [0.2, 0.25) is 0 Å². The van der Waals surface area contributed by atoms with Gasteiger partial charge in [0.25, 0.3) is 0 Å². The van der Waals surface area contributed by atoms with Crippen molar-refractivity contribution in [1.82, 2.24) is 10.1 Å². The summed E-state index contributed by atoms with van der Waals surface area (Å²) in [5, 5.41) is 3.83. The van der Waals surface area contributed by atoms with E-state index in [1.54, 1.807) is 18.2 Å². The van der Waals surface area contributed by atoms with Crippen LogP contribution in [-0.4, -0.2) is 23.5 Å². The molecule has 0 bridgehead atoms. The van der Waals surface area contributed by atoms with Crippen molar-refractivity contribution in [3.63, 3.8) is 0 Å². The lowest BCUT2D eigenvalue weighted by molar-refractivity contribution is 0.112. The van der Waals surface area contributed by atoms with Crippen LogP contribution in [0.4, 0.5) is 0 Å². The van der Waals surface area contributed by atoms with E-state index in [0.717, 1.165) is 6.29 Å². The van der Waals surface area contributed by atoms with E-state index < -0.39 is 0 Å². The second-order valence-electron chi connectivity index (χ2n) is 4.52. The molecule has 106 valence electrons. The molecular weight excluding hydrogens is 260 g/mol. The zero-order chi connectivity index (χ0) is 14.5. The summed E-state index contributed by atoms with van der Waals surface area (Å²) < 4.78 is 15.8. The van der Waals surface area contributed by atoms with E-state index in [1.807, 2.05) is 13.8 Å². The number of hydrogen-bond donors (Lipinski definition) is 0. The number of nitrogens with zero attached hydrogens (tertiary/aromatic N) is 2. The third-order valence-corrected chi connectivity index (χ3v) is 2.66. The fraction of sp³-hybridized carbons (Fsp3) is 0.357. The maximum atomic E-state index is 10.8. The van der Waals surface area contributed by atoms with Crippen LogP contribution in [0.25, 0.3) is 0 Å². The Bertz CT molecular complexity index is 593. The zero-order valence-corrected chi connectivity index (χ0v) is 11.6. The molecule has 0 unspecified atom stereocenters. The Balaban J connectivity index is 2.10. The summed E-state index contributed by atoms with van der Waals surface area (Å²) in [4.78, 5) is 15.0. The van der Waals surface area contributed by atoms with Crippen molar-refractivity contribution in [3.05, 3.63) is 35.5 Å². The lowest BCUT2D eigenvalue weighted by Gasteiger charge is -2.09. The molecule has 2 aromatic rings. The first kappa shape index (κ1) is 14.0. The number of aldehydes is 1. The molecule has 0 spiro atoms. The molecule has 0 amide bonds. The lowest BCUT2D eigenvalue weighted by Crippen LogP contribution is -2.00. The molecule has 0 aliphatic rings. The van der Waals surface area contributed by atoms with E-state index >= 15 is 0 Å². The molecule has 6 heteroatoms. The normalized spacial score (nSPS) is 10.6. The Labute approximate surface area is 116 Å². The largest absolute Gasteiger partial charge is 0.493 e. The maximum Gasteiger partial charge on any atom is 0.229 e. The predicted octanol–water partition coefficient (Wildman–Crippen LogP) is 2.59. The fourth-order valence-corrected chi connectivity index (χ4v) is 1.58. The topological polar surface area (TPSA) is 74.5 Å². The summed E-state index contributed by atoms with van der Waals surface area (Å²) in [7, 11) is 1.54. The van der Waals surface area contributed by atoms with Gasteiger partial charge < -0.3 is 14.0 Å². The van der Waals surface area contributed by atoms with Crippen LogP contribution in [0.5, 0.6) is 11.5 Å². The van der Waals surface area contributed by atoms with Crippen molar-refractivity contribution in [2.75, 3.05) is 7.11 Å². The van der Waals surface area contributed by atoms with Crippen molar-refractivity contribution in [2.24, 2.45) is 0 Å². The van der Waals surface area contributed by atoms with Crippen LogP contribution in [-0.2, 0) is 6.61 Å². The highest BCUT2D eigenvalue weighted by molar-refractivity contribution is 5.76. The van der Waals surface area contributed by atoms with E-state index in [9.17, 15) is 4.79 Å². The molecule has 0 aliphatic heterocycles. The first-order chi connectivity index (χ1) is 9.63. The van der Waals surface area contributed by atoms with Gasteiger partial charge in [-0.3, -0.25) is 4.79 Å². The highest BCUT2D eigenvalue weighted by Gasteiger charge is 2.12. The molecule has 0 aliphatic carbocycles. The number of rotatable bonds is 6. The van der Waals surface area contributed by atoms with Gasteiger partial charge in [0.15, 0.2) is 18.1 Å². The van der Waals surface area contributed by atoms with E-state index in [-0.39, 0.29) is 12.5 Å². The van der Waals surface area contributed by atoms with Gasteiger partial charge >= 0.3 is 0 Å². The van der Waals surface area contributed by atoms with Gasteiger partial charge in [0.1, 0.15) is 6.29 Å². The standard InChI is InChI=1S/C14H16N2O4/c1-9(2)14-15-13(16-20-14)8-19-12-6-10(7-17)4-5-11(12)18-3/h4-7,9H,8H2,1-3H3. The molecule has 1 aromatic carbocycles. The summed E-state index contributed by atoms with van der Waals surface area (Å²) in [5.41, 5.74) is 0.511. The van der Waals surface area contributed by atoms with Gasteiger partial charge in [-0.15, -0.1) is 0 Å². The highest BCUT2D eigenvalue weighted by atomic mass is 16.5. The van der Waals surface area contributed by atoms with Crippen molar-refractivity contribution in [3.8, 4) is 11.5 Å². The van der Waals surface area contributed by atoms with Gasteiger partial charge in [-0.1, -0.05) is 19.0 Å². The number of ether oxygens (including phenoxy) is 2. The van der Waals surface area contributed by atoms with E-state index in [0.29, 0.717) is 28.8 Å². The smallest absolute Gasteiger partial charge is 0.229 e. The van der Waals surface area contributed by atoms with Gasteiger partial charge in [0.05, 0.1) is 7.11 Å². The minimum absolute atomic E-state index is 0.148. The Morgan fingerprint density at radius 1 is 1.35 bits per heavy atom. The molecular formula is C14H16N2O4. The second kappa shape index (κ2) is 6.18. The summed E-state index contributed by atoms with van der Waals surface area (Å²) in [6.45, 7) is 4.08. The Morgan fingerprint density at radius 3 is 2.75 bits per heavy atom. The summed E-state index contributed by atoms with van der Waals surface area (Å²) in [6.07, 6.45) is 0.748. The molecule has 20 heavy (non-hydrogen) atoms. The van der Waals surface area contributed by atoms with E-state index in [1.165, 1.54) is 7.11 Å². The molecule has 2 rings (SSSR count). The number of hydrogen-bond acceptors (Lipinski definition) is 6. The third kappa shape index (κ3) is 3.14. The van der Waals surface area contributed by atoms with Gasteiger partial charge in [-0.2, -0.15) is 4.98 Å². The number of carbonyl (C=O) groups is 1. The first-order valence-electron chi connectivity index (χ1n) is 6.22. The summed E-state index contributed by atoms with van der Waals surface area (Å²) in [5.74, 6) is 2.20. The van der Waals surface area contributed by atoms with Crippen molar-refractivity contribution < 1.29 is 18.8 Å². The second-order valence-corrected chi connectivity index (χ2v) is 4.52. The molecule has 6 nitrogen and oxygen atoms in total. The average molecular weight is 276 g/mol. The first-order valence-corrected chi connectivity index (χ1v) is 6.22. The van der Waals surface area contributed by atoms with Gasteiger partial charge in [-0.25, -0.2) is 0 Å². The van der Waals surface area contributed by atoms with Gasteiger partial charge in [0.2, 0.25) is 11.7 Å². The van der Waals surface area contributed by atoms with Gasteiger partial charge in [0, 0.05) is 11.5 Å². The third-order valence-electron chi connectivity index (χ3n) is 2.66. The molecule has 0 N–H and O–H groups in total. The predicted molar refractivity (Wildman–Crippen MR) is 71.1 cm³/mol. The summed E-state index contributed by atoms with van der Waals surface area (Å²) >= 11 is 0. The van der Waals surface area contributed by atoms with Gasteiger partial charge in [-0.05, 0) is 18.2 Å². The molecule has 1 heterocycles. The number of benzene rings is 1.